The van der Waals surface area contributed by atoms with E-state index in [-0.39, 0.29) is 5.41 Å². The number of aromatic nitrogens is 1. The topological polar surface area (TPSA) is 42.5 Å². The highest BCUT2D eigenvalue weighted by Gasteiger charge is 2.46. The van der Waals surface area contributed by atoms with Crippen molar-refractivity contribution < 1.29 is 5.11 Å². The Morgan fingerprint density at radius 2 is 2.08 bits per heavy atom. The molecule has 1 aromatic heterocycles. The van der Waals surface area contributed by atoms with Crippen molar-refractivity contribution in [3.05, 3.63) is 35.0 Å². The minimum absolute atomic E-state index is 0.121. The Balaban J connectivity index is 1.55. The van der Waals surface area contributed by atoms with E-state index in [4.69, 9.17) is 0 Å². The van der Waals surface area contributed by atoms with Crippen molar-refractivity contribution in [2.45, 2.75) is 45.7 Å². The number of aryl methyl sites for hydroxylation is 2. The summed E-state index contributed by atoms with van der Waals surface area (Å²) in [6.45, 7) is 9.01. The van der Waals surface area contributed by atoms with Gasteiger partial charge in [-0.05, 0) is 70.9 Å². The third-order valence-electron chi connectivity index (χ3n) is 6.80. The second kappa shape index (κ2) is 6.42. The highest BCUT2D eigenvalue weighted by atomic mass is 16.3. The average Bonchev–Trinajstić information content (AvgIpc) is 2.91. The van der Waals surface area contributed by atoms with Gasteiger partial charge in [-0.2, -0.15) is 0 Å². The SMILES string of the molecule is Cc1ccc2[nH]c(CN3CC[C@@]4(CO)CCCN(C)[C@@H]4C3)c(C)c2c1. The van der Waals surface area contributed by atoms with E-state index in [1.165, 1.54) is 40.6 Å². The van der Waals surface area contributed by atoms with Gasteiger partial charge in [0.05, 0.1) is 6.61 Å². The fourth-order valence-electron chi connectivity index (χ4n) is 5.10. The summed E-state index contributed by atoms with van der Waals surface area (Å²) < 4.78 is 0. The third kappa shape index (κ3) is 2.90. The van der Waals surface area contributed by atoms with Gasteiger partial charge >= 0.3 is 0 Å². The summed E-state index contributed by atoms with van der Waals surface area (Å²) in [7, 11) is 2.23. The van der Waals surface area contributed by atoms with Crippen molar-refractivity contribution >= 4 is 10.9 Å². The number of rotatable bonds is 3. The van der Waals surface area contributed by atoms with Gasteiger partial charge in [0.15, 0.2) is 0 Å². The molecule has 2 fully saturated rings. The van der Waals surface area contributed by atoms with Crippen LogP contribution >= 0.6 is 0 Å². The Labute approximate surface area is 150 Å². The molecule has 4 rings (SSSR count). The molecule has 2 aliphatic heterocycles. The number of hydrogen-bond acceptors (Lipinski definition) is 3. The largest absolute Gasteiger partial charge is 0.396 e. The fraction of sp³-hybridized carbons (Fsp3) is 0.619. The Kier molecular flexibility index (Phi) is 4.38. The minimum atomic E-state index is 0.121. The number of H-pyrrole nitrogens is 1. The molecule has 0 radical (unpaired) electrons. The lowest BCUT2D eigenvalue weighted by atomic mass is 9.69. The molecule has 0 bridgehead atoms. The van der Waals surface area contributed by atoms with Gasteiger partial charge in [0, 0.05) is 41.1 Å². The first-order valence-electron chi connectivity index (χ1n) is 9.64. The highest BCUT2D eigenvalue weighted by Crippen LogP contribution is 2.41. The van der Waals surface area contributed by atoms with E-state index in [9.17, 15) is 5.11 Å². The van der Waals surface area contributed by atoms with Gasteiger partial charge in [0.1, 0.15) is 0 Å². The monoisotopic (exact) mass is 341 g/mol. The fourth-order valence-corrected chi connectivity index (χ4v) is 5.10. The maximum Gasteiger partial charge on any atom is 0.0503 e. The number of benzene rings is 1. The van der Waals surface area contributed by atoms with Crippen molar-refractivity contribution in [2.75, 3.05) is 33.3 Å². The predicted octanol–water partition coefficient (Wildman–Crippen LogP) is 3.06. The van der Waals surface area contributed by atoms with E-state index in [1.807, 2.05) is 0 Å². The van der Waals surface area contributed by atoms with E-state index >= 15 is 0 Å². The van der Waals surface area contributed by atoms with Crippen molar-refractivity contribution in [3.63, 3.8) is 0 Å². The number of nitrogens with one attached hydrogen (secondary N) is 1. The number of aliphatic hydroxyl groups excluding tert-OH is 1. The zero-order valence-corrected chi connectivity index (χ0v) is 15.8. The van der Waals surface area contributed by atoms with E-state index < -0.39 is 0 Å². The maximum absolute atomic E-state index is 10.1. The third-order valence-corrected chi connectivity index (χ3v) is 6.80. The summed E-state index contributed by atoms with van der Waals surface area (Å²) in [5.41, 5.74) is 5.41. The van der Waals surface area contributed by atoms with Crippen LogP contribution in [0.2, 0.25) is 0 Å². The van der Waals surface area contributed by atoms with Crippen LogP contribution < -0.4 is 0 Å². The maximum atomic E-state index is 10.1. The molecule has 2 aliphatic rings. The summed E-state index contributed by atoms with van der Waals surface area (Å²) in [6, 6.07) is 7.14. The molecule has 4 nitrogen and oxygen atoms in total. The van der Waals surface area contributed by atoms with Gasteiger partial charge < -0.3 is 15.0 Å². The van der Waals surface area contributed by atoms with Gasteiger partial charge in [-0.15, -0.1) is 0 Å². The molecule has 0 saturated carbocycles. The number of likely N-dealkylation sites (tertiary alicyclic amines) is 2. The number of nitrogens with zero attached hydrogens (tertiary/aromatic N) is 2. The lowest BCUT2D eigenvalue weighted by Gasteiger charge is -2.53. The Hall–Kier alpha value is -1.36. The molecule has 0 amide bonds. The first-order valence-corrected chi connectivity index (χ1v) is 9.64. The normalized spacial score (nSPS) is 28.4. The molecule has 3 heterocycles. The molecular weight excluding hydrogens is 310 g/mol. The van der Waals surface area contributed by atoms with Crippen molar-refractivity contribution in [3.8, 4) is 0 Å². The molecular formula is C21H31N3O. The second-order valence-electron chi connectivity index (χ2n) is 8.38. The zero-order chi connectivity index (χ0) is 17.6. The van der Waals surface area contributed by atoms with Gasteiger partial charge in [-0.1, -0.05) is 11.6 Å². The summed E-state index contributed by atoms with van der Waals surface area (Å²) in [4.78, 5) is 8.69. The lowest BCUT2D eigenvalue weighted by Crippen LogP contribution is -2.61. The summed E-state index contributed by atoms with van der Waals surface area (Å²) in [5.74, 6) is 0. The molecule has 136 valence electrons. The van der Waals surface area contributed by atoms with E-state index in [1.54, 1.807) is 0 Å². The van der Waals surface area contributed by atoms with Crippen LogP contribution in [0.25, 0.3) is 10.9 Å². The van der Waals surface area contributed by atoms with Crippen LogP contribution in [-0.2, 0) is 6.54 Å². The highest BCUT2D eigenvalue weighted by molar-refractivity contribution is 5.85. The van der Waals surface area contributed by atoms with Crippen molar-refractivity contribution in [1.82, 2.24) is 14.8 Å². The molecule has 0 unspecified atom stereocenters. The number of likely N-dealkylation sites (N-methyl/N-ethyl adjacent to an activating group) is 1. The summed E-state index contributed by atoms with van der Waals surface area (Å²) >= 11 is 0. The standard InChI is InChI=1S/C21H31N3O/c1-15-5-6-18-17(11-15)16(2)19(22-18)12-24-10-8-21(14-25)7-4-9-23(3)20(21)13-24/h5-6,11,20,22,25H,4,7-10,12-14H2,1-3H3/t20-,21-/m1/s1. The van der Waals surface area contributed by atoms with Crippen LogP contribution in [0.4, 0.5) is 0 Å². The van der Waals surface area contributed by atoms with Gasteiger partial charge in [-0.3, -0.25) is 4.90 Å². The molecule has 25 heavy (non-hydrogen) atoms. The van der Waals surface area contributed by atoms with Crippen LogP contribution in [-0.4, -0.2) is 59.2 Å². The summed E-state index contributed by atoms with van der Waals surface area (Å²) in [6.07, 6.45) is 3.50. The molecule has 2 atom stereocenters. The first kappa shape index (κ1) is 17.1. The number of hydrogen-bond donors (Lipinski definition) is 2. The second-order valence-corrected chi connectivity index (χ2v) is 8.38. The average molecular weight is 341 g/mol. The van der Waals surface area contributed by atoms with Crippen LogP contribution in [0.1, 0.15) is 36.1 Å². The minimum Gasteiger partial charge on any atom is -0.396 e. The Bertz CT molecular complexity index is 768. The van der Waals surface area contributed by atoms with Gasteiger partial charge in [0.25, 0.3) is 0 Å². The Morgan fingerprint density at radius 1 is 1.24 bits per heavy atom. The van der Waals surface area contributed by atoms with Crippen LogP contribution in [0.5, 0.6) is 0 Å². The number of fused-ring (bicyclic) bond motifs is 2. The number of aliphatic hydroxyl groups is 1. The summed E-state index contributed by atoms with van der Waals surface area (Å²) in [5, 5.41) is 11.4. The molecule has 0 aliphatic carbocycles. The smallest absolute Gasteiger partial charge is 0.0503 e. The van der Waals surface area contributed by atoms with Crippen molar-refractivity contribution in [1.29, 1.82) is 0 Å². The molecule has 2 N–H and O–H groups in total. The first-order chi connectivity index (χ1) is 12.0. The van der Waals surface area contributed by atoms with Gasteiger partial charge in [-0.25, -0.2) is 0 Å². The quantitative estimate of drug-likeness (QED) is 0.902. The van der Waals surface area contributed by atoms with Crippen LogP contribution in [0.3, 0.4) is 0 Å². The predicted molar refractivity (Wildman–Crippen MR) is 103 cm³/mol. The molecule has 2 saturated heterocycles. The lowest BCUT2D eigenvalue weighted by molar-refractivity contribution is -0.0686. The molecule has 4 heteroatoms. The van der Waals surface area contributed by atoms with Crippen molar-refractivity contribution in [2.24, 2.45) is 5.41 Å². The zero-order valence-electron chi connectivity index (χ0n) is 15.8. The number of aromatic amines is 1. The number of piperidine rings is 2. The van der Waals surface area contributed by atoms with E-state index in [0.29, 0.717) is 12.6 Å². The van der Waals surface area contributed by atoms with Gasteiger partial charge in [0.2, 0.25) is 0 Å². The van der Waals surface area contributed by atoms with E-state index in [0.717, 1.165) is 32.6 Å². The van der Waals surface area contributed by atoms with Crippen LogP contribution in [0.15, 0.2) is 18.2 Å². The molecule has 1 aromatic carbocycles. The molecule has 2 aromatic rings. The Morgan fingerprint density at radius 3 is 2.88 bits per heavy atom. The van der Waals surface area contributed by atoms with Crippen LogP contribution in [0, 0.1) is 19.3 Å². The molecule has 0 spiro atoms. The van der Waals surface area contributed by atoms with E-state index in [2.05, 4.69) is 53.9 Å².